The van der Waals surface area contributed by atoms with Gasteiger partial charge in [0.1, 0.15) is 0 Å². The summed E-state index contributed by atoms with van der Waals surface area (Å²) >= 11 is 0. The van der Waals surface area contributed by atoms with Gasteiger partial charge in [-0.15, -0.1) is 0 Å². The minimum Gasteiger partial charge on any atom is -0.318 e. The number of hydrogen-bond donors (Lipinski definition) is 2. The molecule has 0 rings (SSSR count). The number of rotatable bonds is 6. The molecule has 0 aliphatic rings. The summed E-state index contributed by atoms with van der Waals surface area (Å²) in [5, 5.41) is 6.30. The molecule has 4 heteroatoms. The fourth-order valence-electron chi connectivity index (χ4n) is 1.18. The standard InChI is InChI=1S/2C7H18N2/c2*1-7(2,6-8-3)9(4)5/h2*8H,6H2,1-5H3. The van der Waals surface area contributed by atoms with Gasteiger partial charge in [0.05, 0.1) is 0 Å². The van der Waals surface area contributed by atoms with E-state index in [-0.39, 0.29) is 11.1 Å². The van der Waals surface area contributed by atoms with E-state index in [4.69, 9.17) is 0 Å². The van der Waals surface area contributed by atoms with Crippen LogP contribution in [0.5, 0.6) is 0 Å². The Morgan fingerprint density at radius 1 is 0.667 bits per heavy atom. The van der Waals surface area contributed by atoms with E-state index in [1.807, 2.05) is 14.1 Å². The number of likely N-dealkylation sites (N-methyl/N-ethyl adjacent to an activating group) is 4. The molecular formula is C14H36N4. The molecule has 0 saturated heterocycles. The van der Waals surface area contributed by atoms with Gasteiger partial charge in [0.25, 0.3) is 0 Å². The molecule has 0 aromatic rings. The van der Waals surface area contributed by atoms with Gasteiger partial charge in [-0.3, -0.25) is 0 Å². The molecule has 4 nitrogen and oxygen atoms in total. The zero-order valence-electron chi connectivity index (χ0n) is 14.3. The van der Waals surface area contributed by atoms with Crippen molar-refractivity contribution in [2.45, 2.75) is 38.8 Å². The van der Waals surface area contributed by atoms with Crippen LogP contribution in [0, 0.1) is 0 Å². The Bertz CT molecular complexity index is 176. The summed E-state index contributed by atoms with van der Waals surface area (Å²) in [5.41, 5.74) is 0.545. The van der Waals surface area contributed by atoms with Crippen molar-refractivity contribution in [2.24, 2.45) is 0 Å². The lowest BCUT2D eigenvalue weighted by Crippen LogP contribution is -2.45. The average molecular weight is 260 g/mol. The molecule has 0 aliphatic carbocycles. The minimum atomic E-state index is 0.273. The number of nitrogens with one attached hydrogen (secondary N) is 2. The van der Waals surface area contributed by atoms with Gasteiger partial charge < -0.3 is 20.4 Å². The molecule has 0 radical (unpaired) electrons. The van der Waals surface area contributed by atoms with Crippen LogP contribution < -0.4 is 10.6 Å². The van der Waals surface area contributed by atoms with Crippen molar-refractivity contribution in [1.29, 1.82) is 0 Å². The quantitative estimate of drug-likeness (QED) is 0.748. The van der Waals surface area contributed by atoms with Gasteiger partial charge in [-0.25, -0.2) is 0 Å². The Hall–Kier alpha value is -0.160. The Kier molecular flexibility index (Phi) is 9.92. The molecule has 0 fully saturated rings. The van der Waals surface area contributed by atoms with E-state index in [1.54, 1.807) is 0 Å². The second kappa shape index (κ2) is 8.86. The fraction of sp³-hybridized carbons (Fsp3) is 1.00. The van der Waals surface area contributed by atoms with Gasteiger partial charge in [-0.1, -0.05) is 0 Å². The smallest absolute Gasteiger partial charge is 0.0271 e. The third-order valence-electron chi connectivity index (χ3n) is 3.64. The molecule has 0 spiro atoms. The summed E-state index contributed by atoms with van der Waals surface area (Å²) in [5.74, 6) is 0. The molecule has 0 amide bonds. The molecule has 0 saturated carbocycles. The average Bonchev–Trinajstić information content (AvgIpc) is 2.17. The molecule has 0 aromatic carbocycles. The fourth-order valence-corrected chi connectivity index (χ4v) is 1.18. The largest absolute Gasteiger partial charge is 0.318 e. The van der Waals surface area contributed by atoms with Crippen molar-refractivity contribution < 1.29 is 0 Å². The number of nitrogens with zero attached hydrogens (tertiary/aromatic N) is 2. The van der Waals surface area contributed by atoms with Crippen molar-refractivity contribution >= 4 is 0 Å². The first-order chi connectivity index (χ1) is 8.01. The van der Waals surface area contributed by atoms with E-state index >= 15 is 0 Å². The van der Waals surface area contributed by atoms with Crippen molar-refractivity contribution in [1.82, 2.24) is 20.4 Å². The molecule has 0 aliphatic heterocycles. The lowest BCUT2D eigenvalue weighted by atomic mass is 10.1. The second-order valence-electron chi connectivity index (χ2n) is 6.47. The highest BCUT2D eigenvalue weighted by atomic mass is 15.2. The first-order valence-corrected chi connectivity index (χ1v) is 6.65. The molecule has 112 valence electrons. The first kappa shape index (κ1) is 20.2. The van der Waals surface area contributed by atoms with Crippen LogP contribution in [0.3, 0.4) is 0 Å². The summed E-state index contributed by atoms with van der Waals surface area (Å²) in [6.45, 7) is 10.9. The SMILES string of the molecule is CNCC(C)(C)N(C)C.CNCC(C)(C)N(C)C. The Morgan fingerprint density at radius 2 is 0.889 bits per heavy atom. The zero-order valence-corrected chi connectivity index (χ0v) is 14.3. The van der Waals surface area contributed by atoms with Crippen LogP contribution in [0.1, 0.15) is 27.7 Å². The highest BCUT2D eigenvalue weighted by Gasteiger charge is 2.18. The predicted octanol–water partition coefficient (Wildman–Crippen LogP) is 1.09. The highest BCUT2D eigenvalue weighted by Crippen LogP contribution is 2.07. The first-order valence-electron chi connectivity index (χ1n) is 6.65. The van der Waals surface area contributed by atoms with Crippen LogP contribution in [-0.2, 0) is 0 Å². The third kappa shape index (κ3) is 8.86. The van der Waals surface area contributed by atoms with Crippen LogP contribution in [0.15, 0.2) is 0 Å². The zero-order chi connectivity index (χ0) is 15.0. The van der Waals surface area contributed by atoms with Crippen molar-refractivity contribution in [3.8, 4) is 0 Å². The van der Waals surface area contributed by atoms with Crippen LogP contribution in [0.25, 0.3) is 0 Å². The van der Waals surface area contributed by atoms with E-state index < -0.39 is 0 Å². The summed E-state index contributed by atoms with van der Waals surface area (Å²) in [6, 6.07) is 0. The monoisotopic (exact) mass is 260 g/mol. The Labute approximate surface area is 115 Å². The maximum atomic E-state index is 3.15. The van der Waals surface area contributed by atoms with Gasteiger partial charge in [0.15, 0.2) is 0 Å². The predicted molar refractivity (Wildman–Crippen MR) is 83.4 cm³/mol. The van der Waals surface area contributed by atoms with E-state index in [0.717, 1.165) is 13.1 Å². The number of hydrogen-bond acceptors (Lipinski definition) is 4. The van der Waals surface area contributed by atoms with E-state index in [2.05, 4.69) is 76.3 Å². The van der Waals surface area contributed by atoms with Crippen LogP contribution in [-0.4, -0.2) is 76.3 Å². The van der Waals surface area contributed by atoms with Crippen LogP contribution in [0.2, 0.25) is 0 Å². The molecular weight excluding hydrogens is 224 g/mol. The summed E-state index contributed by atoms with van der Waals surface area (Å²) in [7, 11) is 12.3. The lowest BCUT2D eigenvalue weighted by molar-refractivity contribution is 0.194. The van der Waals surface area contributed by atoms with E-state index in [0.29, 0.717) is 0 Å². The molecule has 18 heavy (non-hydrogen) atoms. The molecule has 0 bridgehead atoms. The van der Waals surface area contributed by atoms with Crippen LogP contribution >= 0.6 is 0 Å². The molecule has 2 N–H and O–H groups in total. The molecule has 0 heterocycles. The minimum absolute atomic E-state index is 0.273. The van der Waals surface area contributed by atoms with Gasteiger partial charge in [0, 0.05) is 24.2 Å². The van der Waals surface area contributed by atoms with Crippen molar-refractivity contribution in [2.75, 3.05) is 55.4 Å². The lowest BCUT2D eigenvalue weighted by Gasteiger charge is -2.32. The van der Waals surface area contributed by atoms with Crippen LogP contribution in [0.4, 0.5) is 0 Å². The van der Waals surface area contributed by atoms with Crippen molar-refractivity contribution in [3.05, 3.63) is 0 Å². The van der Waals surface area contributed by atoms with Gasteiger partial charge >= 0.3 is 0 Å². The molecule has 0 aromatic heterocycles. The normalized spacial score (nSPS) is 12.7. The van der Waals surface area contributed by atoms with E-state index in [1.165, 1.54) is 0 Å². The Balaban J connectivity index is 0. The summed E-state index contributed by atoms with van der Waals surface area (Å²) < 4.78 is 0. The second-order valence-corrected chi connectivity index (χ2v) is 6.47. The maximum Gasteiger partial charge on any atom is 0.0271 e. The summed E-state index contributed by atoms with van der Waals surface area (Å²) in [4.78, 5) is 4.42. The van der Waals surface area contributed by atoms with E-state index in [9.17, 15) is 0 Å². The van der Waals surface area contributed by atoms with Crippen molar-refractivity contribution in [3.63, 3.8) is 0 Å². The third-order valence-corrected chi connectivity index (χ3v) is 3.64. The maximum absolute atomic E-state index is 3.15. The topological polar surface area (TPSA) is 30.5 Å². The van der Waals surface area contributed by atoms with Gasteiger partial charge in [0.2, 0.25) is 0 Å². The van der Waals surface area contributed by atoms with Gasteiger partial charge in [-0.2, -0.15) is 0 Å². The van der Waals surface area contributed by atoms with Gasteiger partial charge in [-0.05, 0) is 70.0 Å². The molecule has 0 atom stereocenters. The highest BCUT2D eigenvalue weighted by molar-refractivity contribution is 4.78. The molecule has 0 unspecified atom stereocenters. The Morgan fingerprint density at radius 3 is 0.944 bits per heavy atom. The summed E-state index contributed by atoms with van der Waals surface area (Å²) in [6.07, 6.45) is 0.